The lowest BCUT2D eigenvalue weighted by Crippen LogP contribution is -2.59. The van der Waals surface area contributed by atoms with Crippen molar-refractivity contribution in [3.63, 3.8) is 0 Å². The number of thiazole rings is 1. The summed E-state index contributed by atoms with van der Waals surface area (Å²) in [7, 11) is 0. The lowest BCUT2D eigenvalue weighted by atomic mass is 9.67. The quantitative estimate of drug-likeness (QED) is 0.0327. The van der Waals surface area contributed by atoms with E-state index in [4.69, 9.17) is 15.2 Å². The highest BCUT2D eigenvalue weighted by molar-refractivity contribution is 7.13. The number of carbonyl (C=O) groups is 8. The number of nitrogens with two attached hydrogens (primary N) is 1. The van der Waals surface area contributed by atoms with E-state index < -0.39 is 59.2 Å². The molecule has 1 aromatic heterocycles. The zero-order chi connectivity index (χ0) is 45.6. The SMILES string of the molecule is Cc1ncsc1-c1ccc(CNC(=O)[C@@H]2C[C@@H](OCNC(=O)OCc3ccc(NC(=O)[C@H](CCCNC(N)=O)NC(=O)C4(C(=O)NCCN5C(=O)C=CC5=O)CCC4)cc3)CN2)cc1. The predicted octanol–water partition coefficient (Wildman–Crippen LogP) is 1.45. The van der Waals surface area contributed by atoms with E-state index in [2.05, 4.69) is 42.2 Å². The maximum atomic E-state index is 13.6. The summed E-state index contributed by atoms with van der Waals surface area (Å²) in [6, 6.07) is 12.2. The van der Waals surface area contributed by atoms with Gasteiger partial charge in [0.15, 0.2) is 0 Å². The molecule has 3 aliphatic rings. The zero-order valence-electron chi connectivity index (χ0n) is 35.2. The Morgan fingerprint density at radius 2 is 1.64 bits per heavy atom. The van der Waals surface area contributed by atoms with Crippen LogP contribution < -0.4 is 43.0 Å². The molecule has 1 saturated heterocycles. The summed E-state index contributed by atoms with van der Waals surface area (Å²) in [6.07, 6.45) is 3.16. The zero-order valence-corrected chi connectivity index (χ0v) is 36.1. The predicted molar refractivity (Wildman–Crippen MR) is 233 cm³/mol. The Morgan fingerprint density at radius 3 is 2.30 bits per heavy atom. The minimum absolute atomic E-state index is 0.0510. The van der Waals surface area contributed by atoms with E-state index in [0.29, 0.717) is 37.2 Å². The summed E-state index contributed by atoms with van der Waals surface area (Å²) < 4.78 is 11.1. The summed E-state index contributed by atoms with van der Waals surface area (Å²) in [5, 5.41) is 19.2. The lowest BCUT2D eigenvalue weighted by Gasteiger charge is -2.39. The summed E-state index contributed by atoms with van der Waals surface area (Å²) in [6.45, 7) is 2.61. The van der Waals surface area contributed by atoms with Crippen LogP contribution in [-0.2, 0) is 51.4 Å². The minimum atomic E-state index is -1.44. The van der Waals surface area contributed by atoms with E-state index >= 15 is 0 Å². The number of hydrogen-bond acceptors (Lipinski definition) is 13. The number of imide groups is 1. The van der Waals surface area contributed by atoms with Gasteiger partial charge in [0.05, 0.1) is 28.2 Å². The van der Waals surface area contributed by atoms with Gasteiger partial charge in [-0.1, -0.05) is 42.8 Å². The molecule has 0 radical (unpaired) electrons. The molecule has 3 heterocycles. The van der Waals surface area contributed by atoms with Gasteiger partial charge in [-0.3, -0.25) is 39.0 Å². The third kappa shape index (κ3) is 12.5. The highest BCUT2D eigenvalue weighted by atomic mass is 32.1. The fourth-order valence-corrected chi connectivity index (χ4v) is 8.11. The number of anilines is 1. The van der Waals surface area contributed by atoms with Gasteiger partial charge in [0, 0.05) is 50.6 Å². The fourth-order valence-electron chi connectivity index (χ4n) is 7.30. The average molecular weight is 901 g/mol. The molecule has 0 bridgehead atoms. The molecule has 2 fully saturated rings. The van der Waals surface area contributed by atoms with Crippen LogP contribution in [0.3, 0.4) is 0 Å². The molecule has 0 spiro atoms. The van der Waals surface area contributed by atoms with Crippen LogP contribution in [0.25, 0.3) is 10.4 Å². The lowest BCUT2D eigenvalue weighted by molar-refractivity contribution is -0.151. The molecule has 20 nitrogen and oxygen atoms in total. The monoisotopic (exact) mass is 900 g/mol. The number of urea groups is 1. The number of hydrogen-bond donors (Lipinski definition) is 8. The van der Waals surface area contributed by atoms with Crippen LogP contribution in [0.4, 0.5) is 15.3 Å². The first-order chi connectivity index (χ1) is 30.8. The van der Waals surface area contributed by atoms with E-state index in [-0.39, 0.29) is 70.7 Å². The second kappa shape index (κ2) is 22.1. The number of aromatic nitrogens is 1. The number of ether oxygens (including phenoxy) is 2. The largest absolute Gasteiger partial charge is 0.445 e. The molecule has 1 aliphatic carbocycles. The van der Waals surface area contributed by atoms with Crippen molar-refractivity contribution >= 4 is 64.6 Å². The van der Waals surface area contributed by atoms with Crippen molar-refractivity contribution in [1.82, 2.24) is 41.8 Å². The topological polar surface area (TPSA) is 281 Å². The number of aryl methyl sites for hydroxylation is 1. The van der Waals surface area contributed by atoms with Gasteiger partial charge in [-0.15, -0.1) is 11.3 Å². The van der Waals surface area contributed by atoms with Crippen LogP contribution in [0, 0.1) is 12.3 Å². The first-order valence-electron chi connectivity index (χ1n) is 20.9. The fraction of sp³-hybridized carbons (Fsp3) is 0.419. The van der Waals surface area contributed by atoms with Gasteiger partial charge in [0.2, 0.25) is 23.6 Å². The van der Waals surface area contributed by atoms with Crippen LogP contribution in [-0.4, -0.2) is 109 Å². The maximum absolute atomic E-state index is 13.6. The third-order valence-electron chi connectivity index (χ3n) is 11.2. The molecule has 9 N–H and O–H groups in total. The van der Waals surface area contributed by atoms with Crippen molar-refractivity contribution in [1.29, 1.82) is 0 Å². The second-order valence-electron chi connectivity index (χ2n) is 15.6. The Hall–Kier alpha value is -6.71. The van der Waals surface area contributed by atoms with E-state index in [9.17, 15) is 38.4 Å². The average Bonchev–Trinajstić information content (AvgIpc) is 4.00. The van der Waals surface area contributed by atoms with E-state index in [1.807, 2.05) is 36.7 Å². The first-order valence-corrected chi connectivity index (χ1v) is 21.8. The van der Waals surface area contributed by atoms with Crippen molar-refractivity contribution in [3.05, 3.63) is 83.0 Å². The molecule has 0 unspecified atom stereocenters. The summed E-state index contributed by atoms with van der Waals surface area (Å²) >= 11 is 1.59. The van der Waals surface area contributed by atoms with Gasteiger partial charge in [-0.05, 0) is 67.9 Å². The van der Waals surface area contributed by atoms with Crippen molar-refractivity contribution in [2.24, 2.45) is 11.1 Å². The van der Waals surface area contributed by atoms with E-state index in [1.165, 1.54) is 0 Å². The Labute approximate surface area is 372 Å². The number of alkyl carbamates (subject to hydrolysis) is 1. The normalized spacial score (nSPS) is 17.8. The van der Waals surface area contributed by atoms with Gasteiger partial charge in [-0.25, -0.2) is 14.6 Å². The van der Waals surface area contributed by atoms with Gasteiger partial charge in [0.25, 0.3) is 11.8 Å². The summed E-state index contributed by atoms with van der Waals surface area (Å²) in [4.78, 5) is 107. The molecule has 9 amide bonds. The third-order valence-corrected chi connectivity index (χ3v) is 12.1. The molecular weight excluding hydrogens is 849 g/mol. The highest BCUT2D eigenvalue weighted by Gasteiger charge is 2.51. The molecule has 6 rings (SSSR count). The van der Waals surface area contributed by atoms with Crippen molar-refractivity contribution in [3.8, 4) is 10.4 Å². The number of primary amides is 1. The highest BCUT2D eigenvalue weighted by Crippen LogP contribution is 2.41. The van der Waals surface area contributed by atoms with Crippen molar-refractivity contribution in [2.75, 3.05) is 38.2 Å². The minimum Gasteiger partial charge on any atom is -0.445 e. The van der Waals surface area contributed by atoms with Crippen LogP contribution >= 0.6 is 11.3 Å². The Balaban J connectivity index is 0.897. The van der Waals surface area contributed by atoms with Crippen LogP contribution in [0.1, 0.15) is 55.3 Å². The van der Waals surface area contributed by atoms with Crippen molar-refractivity contribution in [2.45, 2.75) is 76.8 Å². The number of amides is 9. The Morgan fingerprint density at radius 1 is 0.922 bits per heavy atom. The molecule has 3 aromatic rings. The molecule has 340 valence electrons. The molecule has 3 atom stereocenters. The van der Waals surface area contributed by atoms with Crippen molar-refractivity contribution < 1.29 is 47.8 Å². The first kappa shape index (κ1) is 46.8. The van der Waals surface area contributed by atoms with Gasteiger partial charge < -0.3 is 47.1 Å². The number of benzene rings is 2. The van der Waals surface area contributed by atoms with Crippen LogP contribution in [0.15, 0.2) is 66.2 Å². The number of nitrogens with one attached hydrogen (secondary N) is 7. The smallest absolute Gasteiger partial charge is 0.409 e. The van der Waals surface area contributed by atoms with Crippen LogP contribution in [0.5, 0.6) is 0 Å². The maximum Gasteiger partial charge on any atom is 0.409 e. The standard InChI is InChI=1S/C43H52N10O10S/c1-26-36(64-25-50-26)29-9-5-27(6-10-29)21-48-37(56)33-20-31(22-47-33)63-24-49-42(61)62-23-28-7-11-30(12-8-28)51-38(57)32(4-2-17-46-41(44)60)52-40(59)43(15-3-16-43)39(58)45-18-19-53-34(54)13-14-35(53)55/h5-14,25,31-33,47H,2-4,15-24H2,1H3,(H,45,58)(H,48,56)(H,49,61)(H,51,57)(H,52,59)(H3,44,46,60)/t31-,32+,33+/m1/s1. The number of nitrogens with zero attached hydrogens (tertiary/aromatic N) is 2. The number of rotatable bonds is 21. The summed E-state index contributed by atoms with van der Waals surface area (Å²) in [5.41, 5.74) is 9.58. The van der Waals surface area contributed by atoms with E-state index in [0.717, 1.165) is 38.7 Å². The molecule has 2 aliphatic heterocycles. The van der Waals surface area contributed by atoms with Crippen LogP contribution in [0.2, 0.25) is 0 Å². The Kier molecular flexibility index (Phi) is 16.1. The van der Waals surface area contributed by atoms with E-state index in [1.54, 1.807) is 35.6 Å². The molecule has 2 aromatic carbocycles. The molecule has 21 heteroatoms. The summed E-state index contributed by atoms with van der Waals surface area (Å²) in [5.74, 6) is -2.91. The Bertz CT molecular complexity index is 2210. The molecule has 1 saturated carbocycles. The molecular formula is C43H52N10O10S. The van der Waals surface area contributed by atoms with Gasteiger partial charge in [-0.2, -0.15) is 0 Å². The molecule has 64 heavy (non-hydrogen) atoms. The number of carbonyl (C=O) groups excluding carboxylic acids is 8. The second-order valence-corrected chi connectivity index (χ2v) is 16.4. The van der Waals surface area contributed by atoms with Gasteiger partial charge >= 0.3 is 12.1 Å². The van der Waals surface area contributed by atoms with Gasteiger partial charge in [0.1, 0.15) is 24.8 Å².